The van der Waals surface area contributed by atoms with Crippen molar-refractivity contribution in [2.45, 2.75) is 32.0 Å². The molecule has 0 saturated carbocycles. The average Bonchev–Trinajstić information content (AvgIpc) is 2.01. The van der Waals surface area contributed by atoms with Gasteiger partial charge in [0.05, 0.1) is 0 Å². The topological polar surface area (TPSA) is 24.1 Å². The van der Waals surface area contributed by atoms with E-state index in [9.17, 15) is 0 Å². The van der Waals surface area contributed by atoms with Gasteiger partial charge < -0.3 is 10.6 Å². The molecule has 0 bridgehead atoms. The van der Waals surface area contributed by atoms with Gasteiger partial charge in [-0.2, -0.15) is 0 Å². The van der Waals surface area contributed by atoms with Crippen LogP contribution in [0, 0.1) is 5.92 Å². The van der Waals surface area contributed by atoms with Gasteiger partial charge in [0.25, 0.3) is 0 Å². The summed E-state index contributed by atoms with van der Waals surface area (Å²) in [6, 6.07) is 0.555. The maximum absolute atomic E-state index is 3.43. The van der Waals surface area contributed by atoms with Crippen LogP contribution in [0.1, 0.15) is 20.8 Å². The van der Waals surface area contributed by atoms with Crippen LogP contribution < -0.4 is 10.6 Å². The van der Waals surface area contributed by atoms with Crippen molar-refractivity contribution in [2.75, 3.05) is 14.1 Å². The molecule has 2 N–H and O–H groups in total. The molecule has 0 fully saturated rings. The highest BCUT2D eigenvalue weighted by Crippen LogP contribution is 2.16. The first kappa shape index (κ1) is 11.1. The van der Waals surface area contributed by atoms with Crippen molar-refractivity contribution in [3.63, 3.8) is 0 Å². The standard InChI is InChI=1S/C8H22N2Si/c1-6(2)8(11,10-5)7(3)9-4/h6-7,9-10H,1-5,11H3. The molecular formula is C8H22N2Si. The molecule has 0 aromatic rings. The van der Waals surface area contributed by atoms with Crippen LogP contribution >= 0.6 is 0 Å². The summed E-state index contributed by atoms with van der Waals surface area (Å²) in [5.74, 6) is 0.696. The van der Waals surface area contributed by atoms with E-state index in [1.165, 1.54) is 10.2 Å². The Morgan fingerprint density at radius 3 is 1.73 bits per heavy atom. The molecule has 0 radical (unpaired) electrons. The Morgan fingerprint density at radius 2 is 1.64 bits per heavy atom. The lowest BCUT2D eigenvalue weighted by Gasteiger charge is -2.39. The zero-order valence-corrected chi connectivity index (χ0v) is 10.7. The van der Waals surface area contributed by atoms with Gasteiger partial charge in [-0.15, -0.1) is 0 Å². The fourth-order valence-corrected chi connectivity index (χ4v) is 1.59. The molecule has 2 atom stereocenters. The molecule has 0 aliphatic rings. The van der Waals surface area contributed by atoms with Crippen LogP contribution in [-0.2, 0) is 0 Å². The maximum atomic E-state index is 3.43. The number of hydrogen-bond donors (Lipinski definition) is 2. The molecule has 68 valence electrons. The summed E-state index contributed by atoms with van der Waals surface area (Å²) < 4.78 is 0. The first-order valence-corrected chi connectivity index (χ1v) is 5.35. The van der Waals surface area contributed by atoms with Crippen molar-refractivity contribution in [3.8, 4) is 0 Å². The fraction of sp³-hybridized carbons (Fsp3) is 1.00. The van der Waals surface area contributed by atoms with Crippen LogP contribution in [0.2, 0.25) is 0 Å². The predicted molar refractivity (Wildman–Crippen MR) is 55.1 cm³/mol. The van der Waals surface area contributed by atoms with Crippen molar-refractivity contribution in [1.82, 2.24) is 10.6 Å². The first-order chi connectivity index (χ1) is 4.99. The highest BCUT2D eigenvalue weighted by molar-refractivity contribution is 6.16. The molecule has 0 aromatic carbocycles. The van der Waals surface area contributed by atoms with Gasteiger partial charge in [0.2, 0.25) is 0 Å². The van der Waals surface area contributed by atoms with Crippen LogP contribution in [0.5, 0.6) is 0 Å². The molecular weight excluding hydrogens is 152 g/mol. The largest absolute Gasteiger partial charge is 0.316 e. The number of likely N-dealkylation sites (N-methyl/N-ethyl adjacent to an activating group) is 2. The van der Waals surface area contributed by atoms with Gasteiger partial charge in [-0.1, -0.05) is 13.8 Å². The van der Waals surface area contributed by atoms with E-state index in [1.54, 1.807) is 0 Å². The molecule has 2 unspecified atom stereocenters. The molecule has 0 saturated heterocycles. The van der Waals surface area contributed by atoms with E-state index in [0.29, 0.717) is 17.1 Å². The van der Waals surface area contributed by atoms with Crippen LogP contribution in [0.4, 0.5) is 0 Å². The number of nitrogens with one attached hydrogen (secondary N) is 2. The molecule has 11 heavy (non-hydrogen) atoms. The maximum Gasteiger partial charge on any atom is 0.0304 e. The van der Waals surface area contributed by atoms with Gasteiger partial charge >= 0.3 is 0 Å². The average molecular weight is 174 g/mol. The monoisotopic (exact) mass is 174 g/mol. The minimum absolute atomic E-state index is 0.328. The number of rotatable bonds is 4. The molecule has 0 aromatic heterocycles. The summed E-state index contributed by atoms with van der Waals surface area (Å²) in [4.78, 5) is 0. The zero-order valence-electron chi connectivity index (χ0n) is 8.65. The Morgan fingerprint density at radius 1 is 1.18 bits per heavy atom. The van der Waals surface area contributed by atoms with E-state index in [1.807, 2.05) is 7.05 Å². The Hall–Kier alpha value is 0.137. The number of hydrogen-bond acceptors (Lipinski definition) is 2. The van der Waals surface area contributed by atoms with E-state index in [0.717, 1.165) is 0 Å². The van der Waals surface area contributed by atoms with Crippen molar-refractivity contribution >= 4 is 10.2 Å². The summed E-state index contributed by atoms with van der Waals surface area (Å²) in [5, 5.41) is 7.07. The first-order valence-electron chi connectivity index (χ1n) is 4.35. The van der Waals surface area contributed by atoms with Crippen LogP contribution in [-0.4, -0.2) is 35.5 Å². The van der Waals surface area contributed by atoms with Crippen molar-refractivity contribution in [3.05, 3.63) is 0 Å². The van der Waals surface area contributed by atoms with E-state index in [-0.39, 0.29) is 0 Å². The third-order valence-corrected chi connectivity index (χ3v) is 5.59. The van der Waals surface area contributed by atoms with Crippen LogP contribution in [0.15, 0.2) is 0 Å². The Balaban J connectivity index is 4.32. The van der Waals surface area contributed by atoms with Crippen molar-refractivity contribution in [1.29, 1.82) is 0 Å². The second-order valence-corrected chi connectivity index (χ2v) is 5.35. The summed E-state index contributed by atoms with van der Waals surface area (Å²) in [6.45, 7) is 6.79. The van der Waals surface area contributed by atoms with Crippen molar-refractivity contribution < 1.29 is 0 Å². The molecule has 0 spiro atoms. The summed E-state index contributed by atoms with van der Waals surface area (Å²) in [5.41, 5.74) is 0. The van der Waals surface area contributed by atoms with Gasteiger partial charge in [0.1, 0.15) is 0 Å². The van der Waals surface area contributed by atoms with Crippen LogP contribution in [0.3, 0.4) is 0 Å². The lowest BCUT2D eigenvalue weighted by Crippen LogP contribution is -2.60. The third kappa shape index (κ3) is 2.29. The minimum atomic E-state index is 0.328. The Bertz CT molecular complexity index is 117. The third-order valence-electron chi connectivity index (χ3n) is 3.07. The van der Waals surface area contributed by atoms with E-state index >= 15 is 0 Å². The van der Waals surface area contributed by atoms with Crippen molar-refractivity contribution in [2.24, 2.45) is 5.92 Å². The molecule has 0 rings (SSSR count). The molecule has 0 aliphatic heterocycles. The molecule has 2 nitrogen and oxygen atoms in total. The molecule has 0 heterocycles. The van der Waals surface area contributed by atoms with Crippen LogP contribution in [0.25, 0.3) is 0 Å². The smallest absolute Gasteiger partial charge is 0.0304 e. The summed E-state index contributed by atoms with van der Waals surface area (Å²) in [6.07, 6.45) is 0. The van der Waals surface area contributed by atoms with Gasteiger partial charge in [0, 0.05) is 21.4 Å². The van der Waals surface area contributed by atoms with E-state index in [2.05, 4.69) is 38.5 Å². The van der Waals surface area contributed by atoms with Gasteiger partial charge in [-0.05, 0) is 26.9 Å². The zero-order chi connectivity index (χ0) is 9.07. The van der Waals surface area contributed by atoms with E-state index < -0.39 is 0 Å². The highest BCUT2D eigenvalue weighted by Gasteiger charge is 2.31. The summed E-state index contributed by atoms with van der Waals surface area (Å²) >= 11 is 0. The van der Waals surface area contributed by atoms with Gasteiger partial charge in [0.15, 0.2) is 0 Å². The molecule has 0 amide bonds. The lowest BCUT2D eigenvalue weighted by molar-refractivity contribution is 0.295. The highest BCUT2D eigenvalue weighted by atomic mass is 28.1. The molecule has 3 heteroatoms. The molecule has 0 aliphatic carbocycles. The normalized spacial score (nSPS) is 20.2. The Kier molecular flexibility index (Phi) is 4.29. The second kappa shape index (κ2) is 4.23. The quantitative estimate of drug-likeness (QED) is 0.563. The summed E-state index contributed by atoms with van der Waals surface area (Å²) in [7, 11) is 5.25. The Labute approximate surface area is 73.6 Å². The van der Waals surface area contributed by atoms with Gasteiger partial charge in [-0.3, -0.25) is 0 Å². The minimum Gasteiger partial charge on any atom is -0.316 e. The predicted octanol–water partition coefficient (Wildman–Crippen LogP) is -0.469. The lowest BCUT2D eigenvalue weighted by atomic mass is 9.96. The van der Waals surface area contributed by atoms with Gasteiger partial charge in [-0.25, -0.2) is 0 Å². The second-order valence-electron chi connectivity index (χ2n) is 3.70. The fourth-order valence-electron chi connectivity index (χ4n) is 1.31. The SMILES string of the molecule is CNC(C)C([SiH3])(NC)C(C)C. The van der Waals surface area contributed by atoms with E-state index in [4.69, 9.17) is 0 Å².